The molecule has 0 rings (SSSR count). The minimum Gasteiger partial charge on any atom is -0.822 e. The van der Waals surface area contributed by atoms with Crippen molar-refractivity contribution >= 4 is 40.8 Å². The maximum atomic E-state index is 8.55. The molecule has 106 valence electrons. The fourth-order valence-electron chi connectivity index (χ4n) is 0. The fraction of sp³-hybridized carbons (Fsp3) is 0. The molecule has 0 spiro atoms. The summed E-state index contributed by atoms with van der Waals surface area (Å²) < 4.78 is 25.6. The Balaban J connectivity index is -0.0000000206. The van der Waals surface area contributed by atoms with Crippen LogP contribution in [0.1, 0.15) is 0 Å². The van der Waals surface area contributed by atoms with E-state index < -0.39 is 23.5 Å². The van der Waals surface area contributed by atoms with Crippen LogP contribution in [0, 0.1) is 0 Å². The molecule has 0 bridgehead atoms. The molecule has 0 saturated heterocycles. The molecule has 0 amide bonds. The van der Waals surface area contributed by atoms with E-state index in [9.17, 15) is 0 Å². The molecule has 0 aliphatic carbocycles. The molecule has 0 heterocycles. The van der Waals surface area contributed by atoms with Crippen molar-refractivity contribution in [3.8, 4) is 0 Å². The van der Waals surface area contributed by atoms with Gasteiger partial charge in [0.1, 0.15) is 0 Å². The Kier molecular flexibility index (Phi) is 41.0. The van der Waals surface area contributed by atoms with E-state index in [1.807, 2.05) is 0 Å². The molecule has 2 N–H and O–H groups in total. The van der Waals surface area contributed by atoms with E-state index in [2.05, 4.69) is 0 Å². The molecule has 0 aliphatic heterocycles. The normalized spacial score (nSPS) is 9.32. The SMILES string of the molecule is O.O=P([O-])([O-])[O-].O=P([O-])([O-])[O-].O=P([O-])([O-])[O-].[Al+3].[Mo+4].[Zn+2]. The van der Waals surface area contributed by atoms with Gasteiger partial charge in [-0.15, -0.1) is 0 Å². The first-order valence-electron chi connectivity index (χ1n) is 2.19. The summed E-state index contributed by atoms with van der Waals surface area (Å²) in [7, 11) is -16.2. The van der Waals surface area contributed by atoms with E-state index in [0.29, 0.717) is 0 Å². The smallest absolute Gasteiger partial charge is 0.822 e. The quantitative estimate of drug-likeness (QED) is 0.225. The van der Waals surface area contributed by atoms with Crippen LogP contribution >= 0.6 is 23.5 Å². The summed E-state index contributed by atoms with van der Waals surface area (Å²) in [6.07, 6.45) is 0. The van der Waals surface area contributed by atoms with Crippen molar-refractivity contribution < 1.29 is 104 Å². The summed E-state index contributed by atoms with van der Waals surface area (Å²) in [5.74, 6) is 0. The van der Waals surface area contributed by atoms with Gasteiger partial charge in [-0.25, -0.2) is 0 Å². The minimum absolute atomic E-state index is 0. The zero-order chi connectivity index (χ0) is 13.5. The van der Waals surface area contributed by atoms with E-state index in [4.69, 9.17) is 57.7 Å². The van der Waals surface area contributed by atoms with Gasteiger partial charge in [0.15, 0.2) is 0 Å². The van der Waals surface area contributed by atoms with Crippen LogP contribution in [0.5, 0.6) is 0 Å². The zero-order valence-corrected chi connectivity index (χ0v) is 17.2. The van der Waals surface area contributed by atoms with E-state index in [1.54, 1.807) is 0 Å². The first-order valence-corrected chi connectivity index (χ1v) is 6.57. The fourth-order valence-corrected chi connectivity index (χ4v) is 0. The van der Waals surface area contributed by atoms with Crippen molar-refractivity contribution in [2.24, 2.45) is 0 Å². The number of hydrogen-bond acceptors (Lipinski definition) is 12. The molecular weight excluding hydrogens is 489 g/mol. The largest absolute Gasteiger partial charge is 4.00 e. The van der Waals surface area contributed by atoms with E-state index in [1.165, 1.54) is 0 Å². The molecule has 0 aromatic carbocycles. The van der Waals surface area contributed by atoms with E-state index in [-0.39, 0.29) is 63.4 Å². The Hall–Kier alpha value is 2.13. The first-order chi connectivity index (χ1) is 6.00. The van der Waals surface area contributed by atoms with Crippen molar-refractivity contribution in [2.75, 3.05) is 0 Å². The van der Waals surface area contributed by atoms with Gasteiger partial charge in [0, 0.05) is 0 Å². The van der Waals surface area contributed by atoms with Crippen molar-refractivity contribution in [3.63, 3.8) is 0 Å². The Bertz CT molecular complexity index is 214. The molecule has 0 aromatic rings. The van der Waals surface area contributed by atoms with Crippen LogP contribution < -0.4 is 44.0 Å². The Morgan fingerprint density at radius 2 is 0.526 bits per heavy atom. The average molecular weight is 491 g/mol. The topological polar surface area (TPSA) is 290 Å². The third kappa shape index (κ3) is 1450. The van der Waals surface area contributed by atoms with Gasteiger partial charge in [0.2, 0.25) is 0 Å². The predicted molar refractivity (Wildman–Crippen MR) is 32.2 cm³/mol. The van der Waals surface area contributed by atoms with E-state index >= 15 is 0 Å². The molecule has 0 saturated carbocycles. The van der Waals surface area contributed by atoms with Crippen molar-refractivity contribution in [3.05, 3.63) is 0 Å². The molecule has 19 heavy (non-hydrogen) atoms. The maximum Gasteiger partial charge on any atom is 4.00 e. The number of hydrogen-bond donors (Lipinski definition) is 0. The van der Waals surface area contributed by atoms with Gasteiger partial charge >= 0.3 is 57.9 Å². The van der Waals surface area contributed by atoms with Crippen LogP contribution in [0.2, 0.25) is 0 Å². The van der Waals surface area contributed by atoms with Crippen LogP contribution in [0.25, 0.3) is 0 Å². The molecule has 13 nitrogen and oxygen atoms in total. The zero-order valence-electron chi connectivity index (χ0n) is 8.43. The van der Waals surface area contributed by atoms with Gasteiger partial charge < -0.3 is 63.2 Å². The van der Waals surface area contributed by atoms with Crippen molar-refractivity contribution in [1.29, 1.82) is 0 Å². The van der Waals surface area contributed by atoms with Gasteiger partial charge in [-0.1, -0.05) is 0 Å². The molecule has 0 fully saturated rings. The van der Waals surface area contributed by atoms with Gasteiger partial charge in [-0.05, 0) is 0 Å². The van der Waals surface area contributed by atoms with Crippen LogP contribution in [0.15, 0.2) is 0 Å². The second-order valence-electron chi connectivity index (χ2n) is 1.34. The Morgan fingerprint density at radius 3 is 0.526 bits per heavy atom. The second-order valence-corrected chi connectivity index (χ2v) is 4.02. The summed E-state index contributed by atoms with van der Waals surface area (Å²) in [6.45, 7) is 0. The molecule has 0 radical (unpaired) electrons. The number of phosphoric acid groups is 3. The number of rotatable bonds is 0. The van der Waals surface area contributed by atoms with Crippen molar-refractivity contribution in [2.45, 2.75) is 0 Å². The van der Waals surface area contributed by atoms with Gasteiger partial charge in [-0.2, -0.15) is 23.5 Å². The molecule has 0 unspecified atom stereocenters. The third-order valence-corrected chi connectivity index (χ3v) is 0. The Morgan fingerprint density at radius 1 is 0.526 bits per heavy atom. The standard InChI is InChI=1S/Al.Mo.3H3O4P.H2O.Zn/c;;3*1-5(2,3)4;;/h;;3*(H3,1,2,3,4);1H2;/q+3;+4;;;;;+2/p-9. The van der Waals surface area contributed by atoms with Crippen molar-refractivity contribution in [1.82, 2.24) is 0 Å². The third-order valence-electron chi connectivity index (χ3n) is 0. The second kappa shape index (κ2) is 18.2. The predicted octanol–water partition coefficient (Wildman–Crippen LogP) is -9.68. The van der Waals surface area contributed by atoms with Crippen LogP contribution in [0.4, 0.5) is 0 Å². The molecular formula is H2AlMoO13P3Zn. The maximum absolute atomic E-state index is 8.55. The summed E-state index contributed by atoms with van der Waals surface area (Å²) in [5.41, 5.74) is 0. The first kappa shape index (κ1) is 42.9. The summed E-state index contributed by atoms with van der Waals surface area (Å²) >= 11 is 0. The summed E-state index contributed by atoms with van der Waals surface area (Å²) in [5, 5.41) is 0. The molecule has 0 aliphatic rings. The van der Waals surface area contributed by atoms with Gasteiger partial charge in [0.05, 0.1) is 0 Å². The van der Waals surface area contributed by atoms with Gasteiger partial charge in [-0.3, -0.25) is 0 Å². The van der Waals surface area contributed by atoms with Crippen LogP contribution in [-0.4, -0.2) is 22.8 Å². The monoisotopic (exact) mass is 492 g/mol. The summed E-state index contributed by atoms with van der Waals surface area (Å²) in [6, 6.07) is 0. The minimum atomic E-state index is -5.39. The average Bonchev–Trinajstić information content (AvgIpc) is 1.41. The molecule has 0 atom stereocenters. The van der Waals surface area contributed by atoms with Crippen LogP contribution in [-0.2, 0) is 54.2 Å². The van der Waals surface area contributed by atoms with E-state index in [0.717, 1.165) is 0 Å². The van der Waals surface area contributed by atoms with Gasteiger partial charge in [0.25, 0.3) is 0 Å². The molecule has 19 heteroatoms. The Labute approximate surface area is 144 Å². The summed E-state index contributed by atoms with van der Waals surface area (Å²) in [4.78, 5) is 76.9. The molecule has 0 aromatic heterocycles. The van der Waals surface area contributed by atoms with Crippen LogP contribution in [0.3, 0.4) is 0 Å².